The van der Waals surface area contributed by atoms with E-state index in [4.69, 9.17) is 17.3 Å². The summed E-state index contributed by atoms with van der Waals surface area (Å²) in [5, 5.41) is 1.11. The van der Waals surface area contributed by atoms with Crippen molar-refractivity contribution in [2.45, 2.75) is 0 Å². The molecule has 2 N–H and O–H groups in total. The van der Waals surface area contributed by atoms with E-state index in [1.54, 1.807) is 30.5 Å². The Kier molecular flexibility index (Phi) is 2.09. The summed E-state index contributed by atoms with van der Waals surface area (Å²) in [6.07, 6.45) is 1.54. The highest BCUT2D eigenvalue weighted by Gasteiger charge is 2.09. The number of halogens is 1. The van der Waals surface area contributed by atoms with Crippen LogP contribution in [0, 0.1) is 0 Å². The minimum atomic E-state index is -0.495. The lowest BCUT2D eigenvalue weighted by Gasteiger charge is -2.03. The zero-order valence-electron chi connectivity index (χ0n) is 7.20. The van der Waals surface area contributed by atoms with Gasteiger partial charge in [-0.2, -0.15) is 0 Å². The molecule has 0 aliphatic carbocycles. The lowest BCUT2D eigenvalue weighted by Crippen LogP contribution is -2.11. The first-order valence-electron chi connectivity index (χ1n) is 4.03. The second-order valence-corrected chi connectivity index (χ2v) is 3.26. The minimum Gasteiger partial charge on any atom is -0.366 e. The van der Waals surface area contributed by atoms with Crippen LogP contribution in [-0.2, 0) is 0 Å². The molecule has 2 rings (SSSR count). The standard InChI is InChI=1S/C10H7ClN2O/c11-7-2-1-3-8-9(7)6(10(12)14)4-5-13-8/h1-5H,(H2,12,14). The van der Waals surface area contributed by atoms with Crippen molar-refractivity contribution in [1.29, 1.82) is 0 Å². The average molecular weight is 207 g/mol. The second-order valence-electron chi connectivity index (χ2n) is 2.86. The van der Waals surface area contributed by atoms with Crippen molar-refractivity contribution >= 4 is 28.4 Å². The number of fused-ring (bicyclic) bond motifs is 1. The summed E-state index contributed by atoms with van der Waals surface area (Å²) in [5.74, 6) is -0.495. The summed E-state index contributed by atoms with van der Waals surface area (Å²) in [6.45, 7) is 0. The molecule has 1 amide bonds. The van der Waals surface area contributed by atoms with E-state index < -0.39 is 5.91 Å². The van der Waals surface area contributed by atoms with Crippen LogP contribution in [0.15, 0.2) is 30.5 Å². The molecule has 0 unspecified atom stereocenters. The molecule has 0 radical (unpaired) electrons. The predicted molar refractivity (Wildman–Crippen MR) is 55.3 cm³/mol. The normalized spacial score (nSPS) is 10.4. The van der Waals surface area contributed by atoms with Gasteiger partial charge >= 0.3 is 0 Å². The lowest BCUT2D eigenvalue weighted by atomic mass is 10.1. The van der Waals surface area contributed by atoms with Crippen LogP contribution in [0.5, 0.6) is 0 Å². The van der Waals surface area contributed by atoms with Crippen LogP contribution in [0.4, 0.5) is 0 Å². The van der Waals surface area contributed by atoms with E-state index in [-0.39, 0.29) is 0 Å². The SMILES string of the molecule is NC(=O)c1ccnc2cccc(Cl)c12. The Balaban J connectivity index is 2.91. The number of aromatic nitrogens is 1. The molecule has 0 fully saturated rings. The third-order valence-corrected chi connectivity index (χ3v) is 2.30. The summed E-state index contributed by atoms with van der Waals surface area (Å²) in [6, 6.07) is 6.84. The molecule has 1 heterocycles. The lowest BCUT2D eigenvalue weighted by molar-refractivity contribution is 0.100. The van der Waals surface area contributed by atoms with Crippen LogP contribution in [0.1, 0.15) is 10.4 Å². The van der Waals surface area contributed by atoms with Crippen molar-refractivity contribution < 1.29 is 4.79 Å². The molecular formula is C10H7ClN2O. The molecule has 0 aliphatic heterocycles. The highest BCUT2D eigenvalue weighted by Crippen LogP contribution is 2.24. The van der Waals surface area contributed by atoms with Crippen LogP contribution < -0.4 is 5.73 Å². The number of benzene rings is 1. The number of rotatable bonds is 1. The molecule has 4 heteroatoms. The zero-order valence-corrected chi connectivity index (χ0v) is 7.95. The summed E-state index contributed by atoms with van der Waals surface area (Å²) in [4.78, 5) is 15.2. The van der Waals surface area contributed by atoms with Gasteiger partial charge in [-0.05, 0) is 18.2 Å². The average Bonchev–Trinajstić information content (AvgIpc) is 2.17. The number of primary amides is 1. The summed E-state index contributed by atoms with van der Waals surface area (Å²) >= 11 is 5.96. The van der Waals surface area contributed by atoms with E-state index in [0.717, 1.165) is 0 Å². The van der Waals surface area contributed by atoms with Crippen LogP contribution in [-0.4, -0.2) is 10.9 Å². The molecule has 2 aromatic rings. The Morgan fingerprint density at radius 2 is 2.14 bits per heavy atom. The minimum absolute atomic E-state index is 0.403. The van der Waals surface area contributed by atoms with E-state index in [9.17, 15) is 4.79 Å². The smallest absolute Gasteiger partial charge is 0.249 e. The first-order chi connectivity index (χ1) is 6.70. The number of carbonyl (C=O) groups excluding carboxylic acids is 1. The van der Waals surface area contributed by atoms with Gasteiger partial charge in [-0.15, -0.1) is 0 Å². The van der Waals surface area contributed by atoms with Crippen molar-refractivity contribution in [3.05, 3.63) is 41.0 Å². The molecule has 3 nitrogen and oxygen atoms in total. The molecule has 0 atom stereocenters. The largest absolute Gasteiger partial charge is 0.366 e. The first-order valence-corrected chi connectivity index (χ1v) is 4.41. The first kappa shape index (κ1) is 8.97. The maximum absolute atomic E-state index is 11.1. The van der Waals surface area contributed by atoms with Crippen molar-refractivity contribution in [3.63, 3.8) is 0 Å². The molecular weight excluding hydrogens is 200 g/mol. The molecule has 0 spiro atoms. The summed E-state index contributed by atoms with van der Waals surface area (Å²) < 4.78 is 0. The Hall–Kier alpha value is -1.61. The Morgan fingerprint density at radius 3 is 2.86 bits per heavy atom. The number of pyridine rings is 1. The maximum Gasteiger partial charge on any atom is 0.249 e. The molecule has 1 aromatic heterocycles. The summed E-state index contributed by atoms with van der Waals surface area (Å²) in [7, 11) is 0. The summed E-state index contributed by atoms with van der Waals surface area (Å²) in [5.41, 5.74) is 6.30. The van der Waals surface area contributed by atoms with Gasteiger partial charge in [-0.1, -0.05) is 17.7 Å². The fourth-order valence-electron chi connectivity index (χ4n) is 1.37. The van der Waals surface area contributed by atoms with Gasteiger partial charge in [-0.25, -0.2) is 0 Å². The molecule has 1 aromatic carbocycles. The van der Waals surface area contributed by atoms with E-state index in [1.165, 1.54) is 0 Å². The number of carbonyl (C=O) groups is 1. The van der Waals surface area contributed by atoms with Crippen molar-refractivity contribution in [2.24, 2.45) is 5.73 Å². The molecule has 14 heavy (non-hydrogen) atoms. The Bertz CT molecular complexity index is 505. The van der Waals surface area contributed by atoms with Crippen molar-refractivity contribution in [3.8, 4) is 0 Å². The van der Waals surface area contributed by atoms with Crippen LogP contribution >= 0.6 is 11.6 Å². The number of amides is 1. The monoisotopic (exact) mass is 206 g/mol. The number of hydrogen-bond donors (Lipinski definition) is 1. The topological polar surface area (TPSA) is 56.0 Å². The number of hydrogen-bond acceptors (Lipinski definition) is 2. The Labute approximate surface area is 85.5 Å². The van der Waals surface area contributed by atoms with Gasteiger partial charge < -0.3 is 5.73 Å². The number of nitrogens with zero attached hydrogens (tertiary/aromatic N) is 1. The zero-order chi connectivity index (χ0) is 10.1. The van der Waals surface area contributed by atoms with Gasteiger partial charge in [0.15, 0.2) is 0 Å². The van der Waals surface area contributed by atoms with Crippen molar-refractivity contribution in [2.75, 3.05) is 0 Å². The maximum atomic E-state index is 11.1. The van der Waals surface area contributed by atoms with E-state index >= 15 is 0 Å². The van der Waals surface area contributed by atoms with Crippen LogP contribution in [0.25, 0.3) is 10.9 Å². The molecule has 70 valence electrons. The molecule has 0 bridgehead atoms. The third kappa shape index (κ3) is 1.32. The van der Waals surface area contributed by atoms with Crippen LogP contribution in [0.2, 0.25) is 5.02 Å². The quantitative estimate of drug-likeness (QED) is 0.776. The Morgan fingerprint density at radius 1 is 1.36 bits per heavy atom. The molecule has 0 aliphatic rings. The second kappa shape index (κ2) is 3.27. The van der Waals surface area contributed by atoms with Gasteiger partial charge in [0, 0.05) is 11.6 Å². The number of nitrogens with two attached hydrogens (primary N) is 1. The van der Waals surface area contributed by atoms with E-state index in [1.807, 2.05) is 0 Å². The third-order valence-electron chi connectivity index (χ3n) is 1.98. The fourth-order valence-corrected chi connectivity index (χ4v) is 1.64. The highest BCUT2D eigenvalue weighted by molar-refractivity contribution is 6.36. The van der Waals surface area contributed by atoms with Gasteiger partial charge in [0.1, 0.15) is 0 Å². The van der Waals surface area contributed by atoms with Crippen LogP contribution in [0.3, 0.4) is 0 Å². The van der Waals surface area contributed by atoms with Gasteiger partial charge in [0.2, 0.25) is 5.91 Å². The van der Waals surface area contributed by atoms with Gasteiger partial charge in [0.25, 0.3) is 0 Å². The van der Waals surface area contributed by atoms with E-state index in [2.05, 4.69) is 4.98 Å². The molecule has 0 saturated heterocycles. The van der Waals surface area contributed by atoms with Gasteiger partial charge in [-0.3, -0.25) is 9.78 Å². The van der Waals surface area contributed by atoms with Gasteiger partial charge in [0.05, 0.1) is 16.1 Å². The molecule has 0 saturated carbocycles. The highest BCUT2D eigenvalue weighted by atomic mass is 35.5. The van der Waals surface area contributed by atoms with Crippen molar-refractivity contribution in [1.82, 2.24) is 4.98 Å². The van der Waals surface area contributed by atoms with E-state index in [0.29, 0.717) is 21.5 Å². The predicted octanol–water partition coefficient (Wildman–Crippen LogP) is 1.99. The fraction of sp³-hybridized carbons (Fsp3) is 0.